The van der Waals surface area contributed by atoms with Crippen molar-refractivity contribution in [3.05, 3.63) is 35.4 Å². The van der Waals surface area contributed by atoms with E-state index in [1.807, 2.05) is 0 Å². The fourth-order valence-corrected chi connectivity index (χ4v) is 3.39. The van der Waals surface area contributed by atoms with Crippen molar-refractivity contribution in [2.45, 2.75) is 44.6 Å². The molecule has 0 aromatic heterocycles. The molecule has 2 heterocycles. The number of ether oxygens (including phenoxy) is 2. The molecule has 2 atom stereocenters. The highest BCUT2D eigenvalue weighted by Gasteiger charge is 2.42. The first-order valence-electron chi connectivity index (χ1n) is 7.97. The zero-order valence-electron chi connectivity index (χ0n) is 12.8. The van der Waals surface area contributed by atoms with Crippen LogP contribution in [0.3, 0.4) is 0 Å². The van der Waals surface area contributed by atoms with Crippen LogP contribution in [-0.2, 0) is 20.7 Å². The van der Waals surface area contributed by atoms with Gasteiger partial charge in [0, 0.05) is 32.0 Å². The molecule has 3 heteroatoms. The Morgan fingerprint density at radius 2 is 2.10 bits per heavy atom. The average Bonchev–Trinajstić information content (AvgIpc) is 2.94. The third kappa shape index (κ3) is 3.53. The van der Waals surface area contributed by atoms with Crippen molar-refractivity contribution in [1.82, 2.24) is 0 Å². The average molecular weight is 288 g/mol. The number of Topliss-reactive ketones (excluding diaryl/α,β-unsaturated/α-hetero) is 1. The maximum Gasteiger partial charge on any atom is 0.136 e. The number of carbonyl (C=O) groups is 1. The van der Waals surface area contributed by atoms with Crippen LogP contribution < -0.4 is 0 Å². The van der Waals surface area contributed by atoms with Crippen LogP contribution in [0.25, 0.3) is 0 Å². The molecule has 114 valence electrons. The largest absolute Gasteiger partial charge is 0.378 e. The normalized spacial score (nSPS) is 28.9. The molecule has 1 aromatic carbocycles. The van der Waals surface area contributed by atoms with Gasteiger partial charge in [-0.15, -0.1) is 0 Å². The Kier molecular flexibility index (Phi) is 4.41. The van der Waals surface area contributed by atoms with Gasteiger partial charge in [0.15, 0.2) is 0 Å². The molecule has 3 rings (SSSR count). The van der Waals surface area contributed by atoms with Gasteiger partial charge in [-0.1, -0.05) is 29.8 Å². The van der Waals surface area contributed by atoms with Gasteiger partial charge in [-0.3, -0.25) is 4.79 Å². The molecule has 3 nitrogen and oxygen atoms in total. The van der Waals surface area contributed by atoms with Gasteiger partial charge in [0.2, 0.25) is 0 Å². The van der Waals surface area contributed by atoms with Crippen LogP contribution in [0.4, 0.5) is 0 Å². The molecule has 2 saturated heterocycles. The predicted octanol–water partition coefficient (Wildman–Crippen LogP) is 3.08. The number of aryl methyl sites for hydroxylation is 2. The second kappa shape index (κ2) is 6.29. The summed E-state index contributed by atoms with van der Waals surface area (Å²) in [6.45, 7) is 4.21. The van der Waals surface area contributed by atoms with E-state index in [1.54, 1.807) is 0 Å². The van der Waals surface area contributed by atoms with Crippen molar-refractivity contribution in [2.75, 3.05) is 19.8 Å². The summed E-state index contributed by atoms with van der Waals surface area (Å²) in [5.41, 5.74) is 2.35. The van der Waals surface area contributed by atoms with E-state index < -0.39 is 0 Å². The Hall–Kier alpha value is -1.19. The van der Waals surface area contributed by atoms with Crippen LogP contribution in [0.1, 0.15) is 36.8 Å². The van der Waals surface area contributed by atoms with Crippen LogP contribution in [0, 0.1) is 12.8 Å². The van der Waals surface area contributed by atoms with Crippen molar-refractivity contribution >= 4 is 5.78 Å². The van der Waals surface area contributed by atoms with Gasteiger partial charge in [0.25, 0.3) is 0 Å². The van der Waals surface area contributed by atoms with Gasteiger partial charge in [-0.25, -0.2) is 0 Å². The quantitative estimate of drug-likeness (QED) is 0.854. The van der Waals surface area contributed by atoms with Crippen LogP contribution in [0.5, 0.6) is 0 Å². The van der Waals surface area contributed by atoms with Gasteiger partial charge < -0.3 is 9.47 Å². The first-order valence-corrected chi connectivity index (χ1v) is 7.97. The molecule has 0 aliphatic carbocycles. The highest BCUT2D eigenvalue weighted by atomic mass is 16.6. The SMILES string of the molecule is Cc1ccc(CCC(=O)C2CCOC3(CCOC3)C2)cc1. The van der Waals surface area contributed by atoms with Crippen molar-refractivity contribution < 1.29 is 14.3 Å². The van der Waals surface area contributed by atoms with Crippen molar-refractivity contribution in [2.24, 2.45) is 5.92 Å². The van der Waals surface area contributed by atoms with Crippen LogP contribution in [-0.4, -0.2) is 31.2 Å². The van der Waals surface area contributed by atoms with E-state index in [0.29, 0.717) is 25.4 Å². The van der Waals surface area contributed by atoms with E-state index in [0.717, 1.165) is 32.3 Å². The Labute approximate surface area is 126 Å². The first-order chi connectivity index (χ1) is 10.2. The molecule has 0 saturated carbocycles. The lowest BCUT2D eigenvalue weighted by Gasteiger charge is -2.36. The molecule has 1 spiro atoms. The van der Waals surface area contributed by atoms with Crippen molar-refractivity contribution in [3.63, 3.8) is 0 Å². The molecule has 0 bridgehead atoms. The lowest BCUT2D eigenvalue weighted by atomic mass is 9.81. The summed E-state index contributed by atoms with van der Waals surface area (Å²) in [7, 11) is 0. The first kappa shape index (κ1) is 14.7. The molecule has 0 amide bonds. The summed E-state index contributed by atoms with van der Waals surface area (Å²) >= 11 is 0. The second-order valence-electron chi connectivity index (χ2n) is 6.48. The molecule has 2 unspecified atom stereocenters. The molecular formula is C18H24O3. The number of carbonyl (C=O) groups excluding carboxylic acids is 1. The van der Waals surface area contributed by atoms with Crippen molar-refractivity contribution in [3.8, 4) is 0 Å². The smallest absolute Gasteiger partial charge is 0.136 e. The highest BCUT2D eigenvalue weighted by Crippen LogP contribution is 2.36. The molecule has 1 aromatic rings. The summed E-state index contributed by atoms with van der Waals surface area (Å²) in [5, 5.41) is 0. The number of rotatable bonds is 4. The lowest BCUT2D eigenvalue weighted by molar-refractivity contribution is -0.137. The van der Waals surface area contributed by atoms with E-state index in [-0.39, 0.29) is 11.5 Å². The summed E-state index contributed by atoms with van der Waals surface area (Å²) < 4.78 is 11.4. The zero-order chi connectivity index (χ0) is 14.7. The van der Waals surface area contributed by atoms with E-state index in [9.17, 15) is 4.79 Å². The maximum absolute atomic E-state index is 12.5. The fourth-order valence-electron chi connectivity index (χ4n) is 3.39. The molecular weight excluding hydrogens is 264 g/mol. The van der Waals surface area contributed by atoms with Crippen LogP contribution in [0.2, 0.25) is 0 Å². The molecule has 2 aliphatic rings. The number of benzene rings is 1. The van der Waals surface area contributed by atoms with E-state index >= 15 is 0 Å². The van der Waals surface area contributed by atoms with Gasteiger partial charge in [0.05, 0.1) is 12.2 Å². The summed E-state index contributed by atoms with van der Waals surface area (Å²) in [5.74, 6) is 0.552. The summed E-state index contributed by atoms with van der Waals surface area (Å²) in [6, 6.07) is 8.47. The minimum absolute atomic E-state index is 0.158. The molecule has 2 aliphatic heterocycles. The molecule has 0 radical (unpaired) electrons. The number of ketones is 1. The summed E-state index contributed by atoms with van der Waals surface area (Å²) in [4.78, 5) is 12.5. The van der Waals surface area contributed by atoms with Crippen LogP contribution in [0.15, 0.2) is 24.3 Å². The van der Waals surface area contributed by atoms with Gasteiger partial charge >= 0.3 is 0 Å². The maximum atomic E-state index is 12.5. The topological polar surface area (TPSA) is 35.5 Å². The molecule has 21 heavy (non-hydrogen) atoms. The monoisotopic (exact) mass is 288 g/mol. The summed E-state index contributed by atoms with van der Waals surface area (Å²) in [6.07, 6.45) is 4.15. The molecule has 0 N–H and O–H groups in total. The van der Waals surface area contributed by atoms with E-state index in [4.69, 9.17) is 9.47 Å². The second-order valence-corrected chi connectivity index (χ2v) is 6.48. The Bertz CT molecular complexity index is 486. The Morgan fingerprint density at radius 1 is 1.29 bits per heavy atom. The van der Waals surface area contributed by atoms with E-state index in [2.05, 4.69) is 31.2 Å². The third-order valence-electron chi connectivity index (χ3n) is 4.80. The standard InChI is InChI=1S/C18H24O3/c1-14-2-4-15(5-3-14)6-7-17(19)16-8-10-21-18(12-16)9-11-20-13-18/h2-5,16H,6-13H2,1H3. The predicted molar refractivity (Wildman–Crippen MR) is 81.4 cm³/mol. The Balaban J connectivity index is 1.54. The minimum Gasteiger partial charge on any atom is -0.378 e. The van der Waals surface area contributed by atoms with Crippen LogP contribution >= 0.6 is 0 Å². The number of hydrogen-bond donors (Lipinski definition) is 0. The van der Waals surface area contributed by atoms with Gasteiger partial charge in [0.1, 0.15) is 5.78 Å². The Morgan fingerprint density at radius 3 is 2.81 bits per heavy atom. The zero-order valence-corrected chi connectivity index (χ0v) is 12.8. The van der Waals surface area contributed by atoms with Gasteiger partial charge in [-0.05, 0) is 31.7 Å². The number of hydrogen-bond acceptors (Lipinski definition) is 3. The minimum atomic E-state index is -0.164. The fraction of sp³-hybridized carbons (Fsp3) is 0.611. The van der Waals surface area contributed by atoms with Gasteiger partial charge in [-0.2, -0.15) is 0 Å². The lowest BCUT2D eigenvalue weighted by Crippen LogP contribution is -2.42. The highest BCUT2D eigenvalue weighted by molar-refractivity contribution is 5.81. The third-order valence-corrected chi connectivity index (χ3v) is 4.80. The van der Waals surface area contributed by atoms with Crippen molar-refractivity contribution in [1.29, 1.82) is 0 Å². The molecule has 2 fully saturated rings. The van der Waals surface area contributed by atoms with E-state index in [1.165, 1.54) is 11.1 Å².